The summed E-state index contributed by atoms with van der Waals surface area (Å²) in [6.07, 6.45) is 0. The summed E-state index contributed by atoms with van der Waals surface area (Å²) >= 11 is 0. The van der Waals surface area contributed by atoms with E-state index in [0.29, 0.717) is 25.3 Å². The average Bonchev–Trinajstić information content (AvgIpc) is 3.21. The lowest BCUT2D eigenvalue weighted by atomic mass is 10.2. The molecular weight excluding hydrogens is 337 g/mol. The molecule has 1 aliphatic heterocycles. The third-order valence-electron chi connectivity index (χ3n) is 4.60. The number of rotatable bonds is 3. The van der Waals surface area contributed by atoms with Crippen molar-refractivity contribution in [2.45, 2.75) is 13.1 Å². The van der Waals surface area contributed by atoms with Crippen LogP contribution in [0.25, 0.3) is 10.9 Å². The summed E-state index contributed by atoms with van der Waals surface area (Å²) in [5.41, 5.74) is 2.28. The van der Waals surface area contributed by atoms with Gasteiger partial charge >= 0.3 is 0 Å². The molecule has 7 nitrogen and oxygen atoms in total. The zero-order chi connectivity index (χ0) is 18.4. The molecule has 2 aromatic heterocycles. The lowest BCUT2D eigenvalue weighted by molar-refractivity contribution is 0.0738. The number of fused-ring (bicyclic) bond motifs is 2. The Morgan fingerprint density at radius 3 is 2.92 bits per heavy atom. The normalized spacial score (nSPS) is 14.0. The van der Waals surface area contributed by atoms with E-state index in [2.05, 4.69) is 10.1 Å². The van der Waals surface area contributed by atoms with Crippen molar-refractivity contribution in [1.82, 2.24) is 24.6 Å². The van der Waals surface area contributed by atoms with Crippen LogP contribution >= 0.6 is 0 Å². The number of nitrogens with zero attached hydrogens (tertiary/aromatic N) is 4. The van der Waals surface area contributed by atoms with E-state index in [-0.39, 0.29) is 23.3 Å². The third-order valence-corrected chi connectivity index (χ3v) is 4.60. The minimum atomic E-state index is -0.300. The maximum absolute atomic E-state index is 13.3. The standard InChI is InChI=1S/C18H18FN5O2/c1-22-5-6-24-16(18(22)26)9-15(21-24)17(25)23(2)10-13-8-11-7-12(19)3-4-14(11)20-13/h3-4,7-9,20H,5-6,10H2,1-2H3. The highest BCUT2D eigenvalue weighted by Crippen LogP contribution is 2.19. The van der Waals surface area contributed by atoms with Crippen LogP contribution in [0.5, 0.6) is 0 Å². The van der Waals surface area contributed by atoms with E-state index in [0.717, 1.165) is 16.6 Å². The van der Waals surface area contributed by atoms with Crippen molar-refractivity contribution in [3.8, 4) is 0 Å². The monoisotopic (exact) mass is 355 g/mol. The number of amides is 2. The molecule has 0 saturated heterocycles. The molecule has 0 bridgehead atoms. The molecule has 0 atom stereocenters. The van der Waals surface area contributed by atoms with Gasteiger partial charge in [-0.25, -0.2) is 4.39 Å². The lowest BCUT2D eigenvalue weighted by Gasteiger charge is -2.22. The van der Waals surface area contributed by atoms with E-state index in [9.17, 15) is 14.0 Å². The van der Waals surface area contributed by atoms with Gasteiger partial charge in [0, 0.05) is 43.3 Å². The summed E-state index contributed by atoms with van der Waals surface area (Å²) in [4.78, 5) is 31.1. The van der Waals surface area contributed by atoms with Gasteiger partial charge in [-0.3, -0.25) is 14.3 Å². The molecule has 2 amide bonds. The van der Waals surface area contributed by atoms with Crippen molar-refractivity contribution in [2.24, 2.45) is 0 Å². The first-order chi connectivity index (χ1) is 12.4. The third kappa shape index (κ3) is 2.73. The first kappa shape index (κ1) is 16.3. The topological polar surface area (TPSA) is 74.2 Å². The van der Waals surface area contributed by atoms with Crippen LogP contribution in [0.4, 0.5) is 4.39 Å². The van der Waals surface area contributed by atoms with E-state index >= 15 is 0 Å². The Labute approximate surface area is 149 Å². The Bertz CT molecular complexity index is 1020. The number of likely N-dealkylation sites (N-methyl/N-ethyl adjacent to an activating group) is 1. The van der Waals surface area contributed by atoms with Gasteiger partial charge < -0.3 is 14.8 Å². The van der Waals surface area contributed by atoms with Crippen molar-refractivity contribution < 1.29 is 14.0 Å². The molecule has 3 heterocycles. The highest BCUT2D eigenvalue weighted by Gasteiger charge is 2.26. The molecule has 0 radical (unpaired) electrons. The minimum absolute atomic E-state index is 0.136. The van der Waals surface area contributed by atoms with Crippen LogP contribution in [0.1, 0.15) is 26.7 Å². The number of H-pyrrole nitrogens is 1. The number of hydrogen-bond acceptors (Lipinski definition) is 3. The fourth-order valence-electron chi connectivity index (χ4n) is 3.18. The zero-order valence-electron chi connectivity index (χ0n) is 14.5. The van der Waals surface area contributed by atoms with Gasteiger partial charge in [0.15, 0.2) is 5.69 Å². The first-order valence-corrected chi connectivity index (χ1v) is 8.28. The summed E-state index contributed by atoms with van der Waals surface area (Å²) in [5.74, 6) is -0.707. The van der Waals surface area contributed by atoms with Gasteiger partial charge in [-0.2, -0.15) is 5.10 Å². The molecule has 1 N–H and O–H groups in total. The number of hydrogen-bond donors (Lipinski definition) is 1. The van der Waals surface area contributed by atoms with Gasteiger partial charge in [0.2, 0.25) is 0 Å². The Balaban J connectivity index is 1.54. The predicted molar refractivity (Wildman–Crippen MR) is 93.2 cm³/mol. The van der Waals surface area contributed by atoms with Crippen LogP contribution in [0, 0.1) is 5.82 Å². The minimum Gasteiger partial charge on any atom is -0.357 e. The second-order valence-corrected chi connectivity index (χ2v) is 6.55. The van der Waals surface area contributed by atoms with E-state index < -0.39 is 0 Å². The largest absolute Gasteiger partial charge is 0.357 e. The highest BCUT2D eigenvalue weighted by molar-refractivity contribution is 5.98. The molecule has 8 heteroatoms. The molecule has 0 spiro atoms. The molecule has 1 aliphatic rings. The van der Waals surface area contributed by atoms with Crippen molar-refractivity contribution >= 4 is 22.7 Å². The quantitative estimate of drug-likeness (QED) is 0.779. The van der Waals surface area contributed by atoms with E-state index in [1.807, 2.05) is 6.07 Å². The van der Waals surface area contributed by atoms with Gasteiger partial charge in [-0.05, 0) is 24.3 Å². The molecule has 4 rings (SSSR count). The van der Waals surface area contributed by atoms with E-state index in [4.69, 9.17) is 0 Å². The number of carbonyl (C=O) groups is 2. The fraction of sp³-hybridized carbons (Fsp3) is 0.278. The molecular formula is C18H18FN5O2. The number of nitrogens with one attached hydrogen (secondary N) is 1. The Hall–Kier alpha value is -3.16. The maximum Gasteiger partial charge on any atom is 0.274 e. The van der Waals surface area contributed by atoms with Crippen molar-refractivity contribution in [3.63, 3.8) is 0 Å². The molecule has 3 aromatic rings. The second-order valence-electron chi connectivity index (χ2n) is 6.55. The van der Waals surface area contributed by atoms with Gasteiger partial charge in [0.05, 0.1) is 13.1 Å². The number of carbonyl (C=O) groups excluding carboxylic acids is 2. The summed E-state index contributed by atoms with van der Waals surface area (Å²) < 4.78 is 14.9. The van der Waals surface area contributed by atoms with Crippen molar-refractivity contribution in [2.75, 3.05) is 20.6 Å². The molecule has 134 valence electrons. The molecule has 0 saturated carbocycles. The van der Waals surface area contributed by atoms with Gasteiger partial charge in [-0.15, -0.1) is 0 Å². The highest BCUT2D eigenvalue weighted by atomic mass is 19.1. The van der Waals surface area contributed by atoms with Crippen molar-refractivity contribution in [1.29, 1.82) is 0 Å². The van der Waals surface area contributed by atoms with Crippen LogP contribution in [0.15, 0.2) is 30.3 Å². The van der Waals surface area contributed by atoms with Crippen LogP contribution < -0.4 is 0 Å². The smallest absolute Gasteiger partial charge is 0.274 e. The molecule has 26 heavy (non-hydrogen) atoms. The zero-order valence-corrected chi connectivity index (χ0v) is 14.5. The van der Waals surface area contributed by atoms with Gasteiger partial charge in [0.1, 0.15) is 11.5 Å². The first-order valence-electron chi connectivity index (χ1n) is 8.28. The van der Waals surface area contributed by atoms with Gasteiger partial charge in [-0.1, -0.05) is 0 Å². The molecule has 0 unspecified atom stereocenters. The molecule has 0 aliphatic carbocycles. The Morgan fingerprint density at radius 2 is 2.12 bits per heavy atom. The van der Waals surface area contributed by atoms with Crippen LogP contribution in [0.3, 0.4) is 0 Å². The van der Waals surface area contributed by atoms with E-state index in [1.54, 1.807) is 29.7 Å². The summed E-state index contributed by atoms with van der Waals surface area (Å²) in [6.45, 7) is 1.47. The molecule has 0 fully saturated rings. The fourth-order valence-corrected chi connectivity index (χ4v) is 3.18. The number of benzene rings is 1. The van der Waals surface area contributed by atoms with Crippen molar-refractivity contribution in [3.05, 3.63) is 53.2 Å². The number of aromatic nitrogens is 3. The molecule has 1 aromatic carbocycles. The average molecular weight is 355 g/mol. The Morgan fingerprint density at radius 1 is 1.31 bits per heavy atom. The number of halogens is 1. The van der Waals surface area contributed by atoms with Crippen LogP contribution in [-0.4, -0.2) is 57.0 Å². The lowest BCUT2D eigenvalue weighted by Crippen LogP contribution is -2.37. The van der Waals surface area contributed by atoms with Gasteiger partial charge in [0.25, 0.3) is 11.8 Å². The maximum atomic E-state index is 13.3. The SMILES string of the molecule is CN(Cc1cc2cc(F)ccc2[nH]1)C(=O)c1cc2n(n1)CCN(C)C2=O. The Kier molecular flexibility index (Phi) is 3.75. The summed E-state index contributed by atoms with van der Waals surface area (Å²) in [7, 11) is 3.39. The second kappa shape index (κ2) is 5.98. The summed E-state index contributed by atoms with van der Waals surface area (Å²) in [5, 5.41) is 5.03. The van der Waals surface area contributed by atoms with Crippen LogP contribution in [0.2, 0.25) is 0 Å². The predicted octanol–water partition coefficient (Wildman–Crippen LogP) is 1.86. The van der Waals surface area contributed by atoms with Crippen LogP contribution in [-0.2, 0) is 13.1 Å². The summed E-state index contributed by atoms with van der Waals surface area (Å²) in [6, 6.07) is 7.86. The van der Waals surface area contributed by atoms with E-state index in [1.165, 1.54) is 23.1 Å². The number of aromatic amines is 1.